The molecule has 25 heavy (non-hydrogen) atoms. The van der Waals surface area contributed by atoms with Crippen LogP contribution in [0.2, 0.25) is 0 Å². The lowest BCUT2D eigenvalue weighted by Gasteiger charge is -2.14. The maximum atomic E-state index is 12.2. The van der Waals surface area contributed by atoms with Crippen molar-refractivity contribution in [2.45, 2.75) is 26.4 Å². The summed E-state index contributed by atoms with van der Waals surface area (Å²) in [7, 11) is 1.44. The van der Waals surface area contributed by atoms with Crippen molar-refractivity contribution in [3.8, 4) is 11.5 Å². The number of amides is 2. The summed E-state index contributed by atoms with van der Waals surface area (Å²) >= 11 is 0.898. The number of hydrogen-bond donors (Lipinski definition) is 1. The van der Waals surface area contributed by atoms with Crippen molar-refractivity contribution in [1.82, 2.24) is 4.90 Å². The third kappa shape index (κ3) is 4.33. The Hall–Kier alpha value is -2.48. The van der Waals surface area contributed by atoms with Crippen LogP contribution in [-0.4, -0.2) is 46.9 Å². The first-order valence-corrected chi connectivity index (χ1v) is 8.51. The fourth-order valence-electron chi connectivity index (χ4n) is 2.18. The van der Waals surface area contributed by atoms with E-state index in [1.165, 1.54) is 18.9 Å². The highest BCUT2D eigenvalue weighted by Crippen LogP contribution is 2.34. The van der Waals surface area contributed by atoms with E-state index in [2.05, 4.69) is 0 Å². The van der Waals surface area contributed by atoms with E-state index in [1.54, 1.807) is 24.3 Å². The number of methoxy groups -OCH3 is 1. The summed E-state index contributed by atoms with van der Waals surface area (Å²) in [6.07, 6.45) is 1.28. The molecular weight excluding hydrogens is 346 g/mol. The van der Waals surface area contributed by atoms with Crippen molar-refractivity contribution in [2.75, 3.05) is 13.7 Å². The van der Waals surface area contributed by atoms with Gasteiger partial charge in [-0.25, -0.2) is 4.79 Å². The quantitative estimate of drug-likeness (QED) is 0.742. The Labute approximate surface area is 149 Å². The van der Waals surface area contributed by atoms with Gasteiger partial charge in [0.05, 0.1) is 12.0 Å². The standard InChI is InChI=1S/C17H19NO6S/c1-4-7-18-15(19)14(25-17(18)22)9-11-5-6-12(13(8-11)23-3)24-10(2)16(20)21/h5-6,8-10H,4,7H2,1-3H3,(H,20,21). The smallest absolute Gasteiger partial charge is 0.344 e. The zero-order valence-electron chi connectivity index (χ0n) is 14.1. The van der Waals surface area contributed by atoms with Crippen LogP contribution in [-0.2, 0) is 9.59 Å². The molecule has 7 nitrogen and oxygen atoms in total. The summed E-state index contributed by atoms with van der Waals surface area (Å²) in [6, 6.07) is 4.86. The molecule has 2 amide bonds. The molecule has 0 spiro atoms. The first-order chi connectivity index (χ1) is 11.9. The van der Waals surface area contributed by atoms with E-state index in [-0.39, 0.29) is 16.9 Å². The molecule has 0 bridgehead atoms. The number of carbonyl (C=O) groups excluding carboxylic acids is 2. The van der Waals surface area contributed by atoms with Crippen LogP contribution in [0.5, 0.6) is 11.5 Å². The Bertz CT molecular complexity index is 730. The zero-order chi connectivity index (χ0) is 18.6. The first kappa shape index (κ1) is 18.9. The van der Waals surface area contributed by atoms with Crippen molar-refractivity contribution >= 4 is 35.0 Å². The summed E-state index contributed by atoms with van der Waals surface area (Å²) in [5.74, 6) is -0.769. The van der Waals surface area contributed by atoms with Crippen LogP contribution in [0, 0.1) is 0 Å². The SMILES string of the molecule is CCCN1C(=O)SC(=Cc2ccc(OC(C)C(=O)O)c(OC)c2)C1=O. The fourth-order valence-corrected chi connectivity index (χ4v) is 3.04. The molecule has 8 heteroatoms. The molecule has 0 aromatic heterocycles. The van der Waals surface area contributed by atoms with Gasteiger partial charge in [0.25, 0.3) is 11.1 Å². The zero-order valence-corrected chi connectivity index (χ0v) is 15.0. The van der Waals surface area contributed by atoms with Crippen LogP contribution in [0.3, 0.4) is 0 Å². The van der Waals surface area contributed by atoms with Gasteiger partial charge in [0.1, 0.15) is 0 Å². The highest BCUT2D eigenvalue weighted by Gasteiger charge is 2.34. The van der Waals surface area contributed by atoms with E-state index >= 15 is 0 Å². The largest absolute Gasteiger partial charge is 0.493 e. The van der Waals surface area contributed by atoms with Crippen molar-refractivity contribution in [1.29, 1.82) is 0 Å². The van der Waals surface area contributed by atoms with Gasteiger partial charge in [-0.15, -0.1) is 0 Å². The van der Waals surface area contributed by atoms with Gasteiger partial charge in [0, 0.05) is 6.54 Å². The van der Waals surface area contributed by atoms with Gasteiger partial charge in [0.15, 0.2) is 17.6 Å². The lowest BCUT2D eigenvalue weighted by Crippen LogP contribution is -2.28. The van der Waals surface area contributed by atoms with E-state index in [0.717, 1.165) is 11.8 Å². The molecule has 1 aliphatic heterocycles. The summed E-state index contributed by atoms with van der Waals surface area (Å²) in [5, 5.41) is 8.64. The molecule has 1 atom stereocenters. The van der Waals surface area contributed by atoms with Gasteiger partial charge in [-0.2, -0.15) is 0 Å². The number of aliphatic carboxylic acids is 1. The minimum absolute atomic E-state index is 0.277. The minimum atomic E-state index is -1.09. The van der Waals surface area contributed by atoms with Crippen LogP contribution >= 0.6 is 11.8 Å². The molecule has 1 aliphatic rings. The van der Waals surface area contributed by atoms with Gasteiger partial charge in [0.2, 0.25) is 0 Å². The lowest BCUT2D eigenvalue weighted by molar-refractivity contribution is -0.144. The monoisotopic (exact) mass is 365 g/mol. The van der Waals surface area contributed by atoms with Gasteiger partial charge in [-0.05, 0) is 48.9 Å². The predicted molar refractivity (Wildman–Crippen MR) is 93.7 cm³/mol. The molecule has 2 rings (SSSR count). The molecule has 1 heterocycles. The number of carboxylic acid groups (broad SMARTS) is 1. The van der Waals surface area contributed by atoms with E-state index < -0.39 is 12.1 Å². The Morgan fingerprint density at radius 1 is 1.36 bits per heavy atom. The van der Waals surface area contributed by atoms with Crippen LogP contribution in [0.25, 0.3) is 6.08 Å². The first-order valence-electron chi connectivity index (χ1n) is 7.70. The number of benzene rings is 1. The number of carbonyl (C=O) groups is 3. The second-order valence-corrected chi connectivity index (χ2v) is 6.34. The molecule has 134 valence electrons. The van der Waals surface area contributed by atoms with Crippen LogP contribution in [0.1, 0.15) is 25.8 Å². The van der Waals surface area contributed by atoms with Crippen molar-refractivity contribution in [3.05, 3.63) is 28.7 Å². The lowest BCUT2D eigenvalue weighted by atomic mass is 10.1. The Balaban J connectivity index is 2.25. The molecular formula is C17H19NO6S. The van der Waals surface area contributed by atoms with E-state index in [4.69, 9.17) is 14.6 Å². The Morgan fingerprint density at radius 3 is 2.68 bits per heavy atom. The highest BCUT2D eigenvalue weighted by atomic mass is 32.2. The average molecular weight is 365 g/mol. The average Bonchev–Trinajstić information content (AvgIpc) is 2.83. The number of rotatable bonds is 7. The molecule has 0 aliphatic carbocycles. The molecule has 1 aromatic rings. The van der Waals surface area contributed by atoms with Gasteiger partial charge < -0.3 is 14.6 Å². The van der Waals surface area contributed by atoms with E-state index in [1.807, 2.05) is 6.92 Å². The second-order valence-electron chi connectivity index (χ2n) is 5.34. The van der Waals surface area contributed by atoms with E-state index in [9.17, 15) is 14.4 Å². The molecule has 0 saturated carbocycles. The van der Waals surface area contributed by atoms with Gasteiger partial charge >= 0.3 is 5.97 Å². The molecule has 1 unspecified atom stereocenters. The third-order valence-electron chi connectivity index (χ3n) is 3.46. The second kappa shape index (κ2) is 8.06. The minimum Gasteiger partial charge on any atom is -0.493 e. The van der Waals surface area contributed by atoms with Crippen LogP contribution < -0.4 is 9.47 Å². The Morgan fingerprint density at radius 2 is 2.08 bits per heavy atom. The van der Waals surface area contributed by atoms with Crippen LogP contribution in [0.4, 0.5) is 4.79 Å². The summed E-state index contributed by atoms with van der Waals surface area (Å²) in [6.45, 7) is 3.71. The van der Waals surface area contributed by atoms with Gasteiger partial charge in [-0.3, -0.25) is 14.5 Å². The predicted octanol–water partition coefficient (Wildman–Crippen LogP) is 2.99. The topological polar surface area (TPSA) is 93.1 Å². The molecule has 1 N–H and O–H groups in total. The maximum absolute atomic E-state index is 12.2. The van der Waals surface area contributed by atoms with Crippen molar-refractivity contribution < 1.29 is 29.0 Å². The fraction of sp³-hybridized carbons (Fsp3) is 0.353. The number of nitrogens with zero attached hydrogens (tertiary/aromatic N) is 1. The normalized spacial score (nSPS) is 17.1. The van der Waals surface area contributed by atoms with Crippen LogP contribution in [0.15, 0.2) is 23.1 Å². The summed E-state index contributed by atoms with van der Waals surface area (Å²) in [5.41, 5.74) is 0.647. The molecule has 1 fully saturated rings. The van der Waals surface area contributed by atoms with Crippen molar-refractivity contribution in [2.24, 2.45) is 0 Å². The van der Waals surface area contributed by atoms with Gasteiger partial charge in [-0.1, -0.05) is 13.0 Å². The number of imide groups is 1. The molecule has 0 radical (unpaired) electrons. The molecule has 1 aromatic carbocycles. The molecule has 1 saturated heterocycles. The summed E-state index contributed by atoms with van der Waals surface area (Å²) in [4.78, 5) is 36.6. The van der Waals surface area contributed by atoms with E-state index in [0.29, 0.717) is 29.2 Å². The maximum Gasteiger partial charge on any atom is 0.344 e. The number of hydrogen-bond acceptors (Lipinski definition) is 6. The third-order valence-corrected chi connectivity index (χ3v) is 4.37. The summed E-state index contributed by atoms with van der Waals surface area (Å²) < 4.78 is 10.6. The van der Waals surface area contributed by atoms with Crippen molar-refractivity contribution in [3.63, 3.8) is 0 Å². The number of thioether (sulfide) groups is 1. The Kier molecular flexibility index (Phi) is 6.08. The number of carboxylic acids is 1. The highest BCUT2D eigenvalue weighted by molar-refractivity contribution is 8.18. The number of ether oxygens (including phenoxy) is 2.